The number of phenols is 1. The number of ketones is 1. The lowest BCUT2D eigenvalue weighted by molar-refractivity contribution is -0.129. The van der Waals surface area contributed by atoms with E-state index < -0.39 is 23.5 Å². The molecule has 2 aromatic carbocycles. The van der Waals surface area contributed by atoms with Crippen LogP contribution in [0.5, 0.6) is 11.5 Å². The van der Waals surface area contributed by atoms with Gasteiger partial charge in [-0.05, 0) is 36.2 Å². The zero-order valence-electron chi connectivity index (χ0n) is 16.6. The number of carbonyl (C=O) groups is 2. The molecule has 1 aromatic heterocycles. The van der Waals surface area contributed by atoms with Crippen LogP contribution in [-0.2, 0) is 4.79 Å². The first kappa shape index (κ1) is 19.6. The molecule has 2 heterocycles. The van der Waals surface area contributed by atoms with E-state index in [1.54, 1.807) is 36.4 Å². The Labute approximate surface area is 172 Å². The summed E-state index contributed by atoms with van der Waals surface area (Å²) in [5.74, 6) is -1.35. The number of aromatic hydroxyl groups is 1. The number of fused-ring (bicyclic) bond motifs is 1. The van der Waals surface area contributed by atoms with Gasteiger partial charge in [0, 0.05) is 11.9 Å². The number of aliphatic hydroxyl groups is 1. The third-order valence-electron chi connectivity index (χ3n) is 5.15. The molecule has 1 unspecified atom stereocenters. The predicted octanol–water partition coefficient (Wildman–Crippen LogP) is 4.14. The number of furan rings is 1. The second kappa shape index (κ2) is 7.59. The monoisotopic (exact) mass is 407 g/mol. The van der Waals surface area contributed by atoms with Crippen molar-refractivity contribution in [1.82, 2.24) is 4.90 Å². The van der Waals surface area contributed by atoms with Gasteiger partial charge in [-0.1, -0.05) is 31.2 Å². The fraction of sp³-hybridized carbons (Fsp3) is 0.217. The van der Waals surface area contributed by atoms with Crippen LogP contribution in [0.15, 0.2) is 64.3 Å². The Hall–Kier alpha value is -3.74. The number of methoxy groups -OCH3 is 1. The lowest BCUT2D eigenvalue weighted by Crippen LogP contribution is -2.31. The highest BCUT2D eigenvalue weighted by atomic mass is 16.5. The summed E-state index contributed by atoms with van der Waals surface area (Å²) >= 11 is 0. The largest absolute Gasteiger partial charge is 0.508 e. The first-order chi connectivity index (χ1) is 14.5. The summed E-state index contributed by atoms with van der Waals surface area (Å²) in [7, 11) is 1.50. The quantitative estimate of drug-likeness (QED) is 0.596. The number of benzene rings is 2. The van der Waals surface area contributed by atoms with Gasteiger partial charge in [-0.3, -0.25) is 9.59 Å². The molecule has 1 amide bonds. The number of hydrogen-bond donors (Lipinski definition) is 2. The van der Waals surface area contributed by atoms with Gasteiger partial charge in [0.2, 0.25) is 5.78 Å². The van der Waals surface area contributed by atoms with Crippen molar-refractivity contribution in [1.29, 1.82) is 0 Å². The summed E-state index contributed by atoms with van der Waals surface area (Å²) < 4.78 is 11.0. The van der Waals surface area contributed by atoms with Crippen LogP contribution in [-0.4, -0.2) is 40.5 Å². The van der Waals surface area contributed by atoms with Crippen molar-refractivity contribution in [3.05, 3.63) is 71.2 Å². The van der Waals surface area contributed by atoms with Crippen molar-refractivity contribution < 1.29 is 29.0 Å². The molecule has 0 radical (unpaired) electrons. The Kier molecular flexibility index (Phi) is 4.95. The molecule has 0 fully saturated rings. The standard InChI is InChI=1S/C23H21NO6/c1-3-10-24-19(13-6-4-8-15(25)11-13)18(21(27)23(24)28)20(26)17-12-14-7-5-9-16(29-2)22(14)30-17/h4-9,11-12,19,25,27H,3,10H2,1-2H3. The predicted molar refractivity (Wildman–Crippen MR) is 110 cm³/mol. The van der Waals surface area contributed by atoms with E-state index in [1.165, 1.54) is 24.1 Å². The minimum absolute atomic E-state index is 0.00283. The van der Waals surface area contributed by atoms with Crippen molar-refractivity contribution >= 4 is 22.7 Å². The van der Waals surface area contributed by atoms with Crippen LogP contribution in [0.3, 0.4) is 0 Å². The molecule has 0 aliphatic carbocycles. The Morgan fingerprint density at radius 1 is 1.17 bits per heavy atom. The number of ether oxygens (including phenoxy) is 1. The zero-order valence-corrected chi connectivity index (χ0v) is 16.6. The van der Waals surface area contributed by atoms with E-state index in [1.807, 2.05) is 6.92 Å². The Morgan fingerprint density at radius 3 is 2.63 bits per heavy atom. The maximum absolute atomic E-state index is 13.4. The maximum atomic E-state index is 13.4. The highest BCUT2D eigenvalue weighted by Crippen LogP contribution is 2.40. The second-order valence-corrected chi connectivity index (χ2v) is 7.08. The zero-order chi connectivity index (χ0) is 21.4. The SMILES string of the molecule is CCCN1C(=O)C(O)=C(C(=O)c2cc3cccc(OC)c3o2)C1c1cccc(O)c1. The molecule has 1 atom stereocenters. The van der Waals surface area contributed by atoms with E-state index >= 15 is 0 Å². The normalized spacial score (nSPS) is 16.5. The van der Waals surface area contributed by atoms with E-state index in [0.29, 0.717) is 35.2 Å². The summed E-state index contributed by atoms with van der Waals surface area (Å²) in [5, 5.41) is 21.2. The van der Waals surface area contributed by atoms with Crippen LogP contribution in [0.25, 0.3) is 11.0 Å². The van der Waals surface area contributed by atoms with E-state index in [2.05, 4.69) is 0 Å². The van der Waals surface area contributed by atoms with E-state index in [0.717, 1.165) is 0 Å². The molecule has 30 heavy (non-hydrogen) atoms. The molecule has 0 saturated heterocycles. The van der Waals surface area contributed by atoms with Crippen molar-refractivity contribution in [2.45, 2.75) is 19.4 Å². The van der Waals surface area contributed by atoms with Gasteiger partial charge in [0.25, 0.3) is 5.91 Å². The molecule has 0 saturated carbocycles. The molecule has 7 nitrogen and oxygen atoms in total. The van der Waals surface area contributed by atoms with Gasteiger partial charge in [-0.15, -0.1) is 0 Å². The third kappa shape index (κ3) is 3.08. The highest BCUT2D eigenvalue weighted by Gasteiger charge is 2.44. The second-order valence-electron chi connectivity index (χ2n) is 7.08. The van der Waals surface area contributed by atoms with Gasteiger partial charge in [0.1, 0.15) is 5.75 Å². The number of aliphatic hydroxyl groups excluding tert-OH is 1. The lowest BCUT2D eigenvalue weighted by atomic mass is 9.95. The first-order valence-electron chi connectivity index (χ1n) is 9.60. The van der Waals surface area contributed by atoms with E-state index in [4.69, 9.17) is 9.15 Å². The summed E-state index contributed by atoms with van der Waals surface area (Å²) in [5.41, 5.74) is 0.863. The molecule has 1 aliphatic rings. The number of para-hydroxylation sites is 1. The lowest BCUT2D eigenvalue weighted by Gasteiger charge is -2.26. The van der Waals surface area contributed by atoms with Gasteiger partial charge >= 0.3 is 0 Å². The van der Waals surface area contributed by atoms with Crippen molar-refractivity contribution in [3.8, 4) is 11.5 Å². The van der Waals surface area contributed by atoms with Gasteiger partial charge in [-0.25, -0.2) is 0 Å². The van der Waals surface area contributed by atoms with E-state index in [9.17, 15) is 19.8 Å². The number of rotatable bonds is 6. The van der Waals surface area contributed by atoms with Gasteiger partial charge < -0.3 is 24.3 Å². The van der Waals surface area contributed by atoms with Gasteiger partial charge in [0.15, 0.2) is 22.9 Å². The first-order valence-corrected chi connectivity index (χ1v) is 9.60. The smallest absolute Gasteiger partial charge is 0.290 e. The minimum Gasteiger partial charge on any atom is -0.508 e. The number of Topliss-reactive ketones (excluding diaryl/α,β-unsaturated/α-hetero) is 1. The molecule has 2 N–H and O–H groups in total. The molecule has 1 aliphatic heterocycles. The van der Waals surface area contributed by atoms with Crippen molar-refractivity contribution in [2.75, 3.05) is 13.7 Å². The van der Waals surface area contributed by atoms with Crippen LogP contribution in [0.4, 0.5) is 0 Å². The topological polar surface area (TPSA) is 100 Å². The fourth-order valence-corrected chi connectivity index (χ4v) is 3.84. The summed E-state index contributed by atoms with van der Waals surface area (Å²) in [6.45, 7) is 2.24. The number of phenolic OH excluding ortho intramolecular Hbond substituents is 1. The van der Waals surface area contributed by atoms with Crippen LogP contribution in [0.1, 0.15) is 35.5 Å². The number of hydrogen-bond acceptors (Lipinski definition) is 6. The van der Waals surface area contributed by atoms with Gasteiger partial charge in [0.05, 0.1) is 18.7 Å². The fourth-order valence-electron chi connectivity index (χ4n) is 3.84. The van der Waals surface area contributed by atoms with Crippen LogP contribution in [0.2, 0.25) is 0 Å². The Morgan fingerprint density at radius 2 is 1.93 bits per heavy atom. The summed E-state index contributed by atoms with van der Waals surface area (Å²) in [6, 6.07) is 12.3. The molecule has 4 rings (SSSR count). The number of carbonyl (C=O) groups excluding carboxylic acids is 2. The van der Waals surface area contributed by atoms with Crippen molar-refractivity contribution in [2.24, 2.45) is 0 Å². The summed E-state index contributed by atoms with van der Waals surface area (Å²) in [4.78, 5) is 27.6. The molecular weight excluding hydrogens is 386 g/mol. The summed E-state index contributed by atoms with van der Waals surface area (Å²) in [6.07, 6.45) is 0.637. The average molecular weight is 407 g/mol. The van der Waals surface area contributed by atoms with Crippen LogP contribution in [0, 0.1) is 0 Å². The molecular formula is C23H21NO6. The Bertz CT molecular complexity index is 1180. The Balaban J connectivity index is 1.84. The third-order valence-corrected chi connectivity index (χ3v) is 5.15. The minimum atomic E-state index is -0.827. The van der Waals surface area contributed by atoms with Crippen LogP contribution >= 0.6 is 0 Å². The van der Waals surface area contributed by atoms with Crippen molar-refractivity contribution in [3.63, 3.8) is 0 Å². The molecule has 0 bridgehead atoms. The number of amides is 1. The maximum Gasteiger partial charge on any atom is 0.290 e. The molecule has 0 spiro atoms. The van der Waals surface area contributed by atoms with Gasteiger partial charge in [-0.2, -0.15) is 0 Å². The van der Waals surface area contributed by atoms with E-state index in [-0.39, 0.29) is 17.1 Å². The van der Waals surface area contributed by atoms with Crippen LogP contribution < -0.4 is 4.74 Å². The average Bonchev–Trinajstić information content (AvgIpc) is 3.28. The molecule has 3 aromatic rings. The molecule has 154 valence electrons. The highest BCUT2D eigenvalue weighted by molar-refractivity contribution is 6.16. The molecule has 7 heteroatoms. The number of nitrogens with zero attached hydrogens (tertiary/aromatic N) is 1.